The summed E-state index contributed by atoms with van der Waals surface area (Å²) in [5.74, 6) is 2.46. The summed E-state index contributed by atoms with van der Waals surface area (Å²) in [4.78, 5) is 19.9. The fourth-order valence-corrected chi connectivity index (χ4v) is 5.34. The van der Waals surface area contributed by atoms with Gasteiger partial charge in [0.05, 0.1) is 24.0 Å². The molecule has 2 N–H and O–H groups in total. The molecule has 0 radical (unpaired) electrons. The van der Waals surface area contributed by atoms with Crippen molar-refractivity contribution in [3.63, 3.8) is 0 Å². The Morgan fingerprint density at radius 1 is 1.41 bits per heavy atom. The van der Waals surface area contributed by atoms with Gasteiger partial charge in [-0.05, 0) is 43.7 Å². The molecule has 142 valence electrons. The normalized spacial score (nSPS) is 31.9. The zero-order chi connectivity index (χ0) is 19.1. The number of fused-ring (bicyclic) bond motifs is 5. The van der Waals surface area contributed by atoms with Crippen LogP contribution in [0.2, 0.25) is 0 Å². The van der Waals surface area contributed by atoms with Crippen LogP contribution in [0.25, 0.3) is 0 Å². The van der Waals surface area contributed by atoms with E-state index in [1.54, 1.807) is 0 Å². The van der Waals surface area contributed by atoms with E-state index in [9.17, 15) is 9.90 Å². The Morgan fingerprint density at radius 3 is 3.00 bits per heavy atom. The van der Waals surface area contributed by atoms with E-state index in [-0.39, 0.29) is 23.9 Å². The first-order valence-electron chi connectivity index (χ1n) is 9.89. The lowest BCUT2D eigenvalue weighted by Gasteiger charge is -2.55. The van der Waals surface area contributed by atoms with Crippen LogP contribution in [0.15, 0.2) is 29.3 Å². The van der Waals surface area contributed by atoms with Crippen molar-refractivity contribution in [1.29, 1.82) is 0 Å². The maximum absolute atomic E-state index is 12.6. The van der Waals surface area contributed by atoms with Crippen LogP contribution < -0.4 is 5.32 Å². The number of rotatable bonds is 4. The molecule has 1 amide bonds. The molecule has 0 saturated carbocycles. The van der Waals surface area contributed by atoms with Gasteiger partial charge in [-0.1, -0.05) is 31.0 Å². The summed E-state index contributed by atoms with van der Waals surface area (Å²) in [6, 6.07) is 7.86. The summed E-state index contributed by atoms with van der Waals surface area (Å²) in [7, 11) is 0. The van der Waals surface area contributed by atoms with Crippen LogP contribution in [-0.2, 0) is 10.4 Å². The van der Waals surface area contributed by atoms with Crippen molar-refractivity contribution in [2.45, 2.75) is 50.7 Å². The monoisotopic (exact) mass is 365 g/mol. The minimum Gasteiger partial charge on any atom is -0.379 e. The van der Waals surface area contributed by atoms with Crippen molar-refractivity contribution in [2.75, 3.05) is 19.6 Å². The third-order valence-electron chi connectivity index (χ3n) is 6.70. The van der Waals surface area contributed by atoms with Crippen molar-refractivity contribution in [3.8, 4) is 12.3 Å². The molecule has 3 heterocycles. The van der Waals surface area contributed by atoms with E-state index in [1.165, 1.54) is 0 Å². The van der Waals surface area contributed by atoms with E-state index >= 15 is 0 Å². The zero-order valence-corrected chi connectivity index (χ0v) is 15.9. The Hall–Kier alpha value is -2.16. The number of aliphatic imine (C=N–C) groups is 1. The number of benzene rings is 1. The number of para-hydroxylation sites is 1. The first-order chi connectivity index (χ1) is 13.0. The lowest BCUT2D eigenvalue weighted by Crippen LogP contribution is -2.65. The van der Waals surface area contributed by atoms with E-state index in [1.807, 2.05) is 24.3 Å². The van der Waals surface area contributed by atoms with E-state index in [2.05, 4.69) is 23.1 Å². The SMILES string of the molecule is C#CCNC(=O)C[C@]1(CC)CCCN2CC[C@]3(O)C(=Nc4ccccc43)[C@@H]21. The maximum atomic E-state index is 12.6. The minimum absolute atomic E-state index is 0.0122. The smallest absolute Gasteiger partial charge is 0.221 e. The van der Waals surface area contributed by atoms with Crippen molar-refractivity contribution >= 4 is 17.3 Å². The molecule has 2 fully saturated rings. The van der Waals surface area contributed by atoms with Gasteiger partial charge in [0.2, 0.25) is 5.91 Å². The first-order valence-corrected chi connectivity index (χ1v) is 9.89. The second kappa shape index (κ2) is 6.78. The van der Waals surface area contributed by atoms with Gasteiger partial charge in [0.25, 0.3) is 0 Å². The van der Waals surface area contributed by atoms with Gasteiger partial charge in [-0.2, -0.15) is 0 Å². The summed E-state index contributed by atoms with van der Waals surface area (Å²) in [6.45, 7) is 4.21. The van der Waals surface area contributed by atoms with E-state index in [0.717, 1.165) is 49.3 Å². The highest BCUT2D eigenvalue weighted by molar-refractivity contribution is 6.05. The van der Waals surface area contributed by atoms with Gasteiger partial charge in [0, 0.05) is 18.5 Å². The number of terminal acetylenes is 1. The highest BCUT2D eigenvalue weighted by atomic mass is 16.3. The molecule has 3 aliphatic heterocycles. The molecule has 0 spiro atoms. The quantitative estimate of drug-likeness (QED) is 0.805. The van der Waals surface area contributed by atoms with Crippen molar-refractivity contribution in [3.05, 3.63) is 29.8 Å². The van der Waals surface area contributed by atoms with Crippen LogP contribution in [0, 0.1) is 17.8 Å². The lowest BCUT2D eigenvalue weighted by atomic mass is 9.62. The Labute approximate surface area is 160 Å². The minimum atomic E-state index is -1.01. The van der Waals surface area contributed by atoms with Gasteiger partial charge in [0.15, 0.2) is 0 Å². The molecule has 0 aliphatic carbocycles. The molecule has 4 rings (SSSR count). The Kier molecular flexibility index (Phi) is 4.57. The molecule has 27 heavy (non-hydrogen) atoms. The average Bonchev–Trinajstić information content (AvgIpc) is 2.99. The van der Waals surface area contributed by atoms with Gasteiger partial charge in [0.1, 0.15) is 5.60 Å². The molecule has 1 aromatic carbocycles. The number of nitrogens with zero attached hydrogens (tertiary/aromatic N) is 2. The molecule has 2 saturated heterocycles. The van der Waals surface area contributed by atoms with E-state index in [0.29, 0.717) is 12.8 Å². The Morgan fingerprint density at radius 2 is 2.22 bits per heavy atom. The second-order valence-corrected chi connectivity index (χ2v) is 8.04. The van der Waals surface area contributed by atoms with E-state index in [4.69, 9.17) is 11.4 Å². The number of aliphatic hydroxyl groups is 1. The molecule has 0 aromatic heterocycles. The van der Waals surface area contributed by atoms with Crippen molar-refractivity contribution in [2.24, 2.45) is 10.4 Å². The molecule has 5 nitrogen and oxygen atoms in total. The van der Waals surface area contributed by atoms with Crippen LogP contribution in [-0.4, -0.2) is 47.3 Å². The molecule has 3 atom stereocenters. The summed E-state index contributed by atoms with van der Waals surface area (Å²) >= 11 is 0. The summed E-state index contributed by atoms with van der Waals surface area (Å²) < 4.78 is 0. The standard InChI is InChI=1S/C22H27N3O2/c1-3-12-23-18(26)15-21(4-2)10-7-13-25-14-11-22(27)16-8-5-6-9-17(16)24-19(22)20(21)25/h1,5-6,8-9,20,27H,4,7,10-15H2,2H3,(H,23,26)/t20-,21+,22-/m1/s1. The van der Waals surface area contributed by atoms with Crippen LogP contribution in [0.1, 0.15) is 44.6 Å². The van der Waals surface area contributed by atoms with Crippen LogP contribution in [0.3, 0.4) is 0 Å². The van der Waals surface area contributed by atoms with Crippen LogP contribution in [0.5, 0.6) is 0 Å². The summed E-state index contributed by atoms with van der Waals surface area (Å²) in [5, 5.41) is 14.4. The number of carbonyl (C=O) groups is 1. The fourth-order valence-electron chi connectivity index (χ4n) is 5.34. The number of amides is 1. The number of carbonyl (C=O) groups excluding carboxylic acids is 1. The molecule has 0 unspecified atom stereocenters. The number of hydrogen-bond donors (Lipinski definition) is 2. The third-order valence-corrected chi connectivity index (χ3v) is 6.70. The molecular formula is C22H27N3O2. The number of nitrogens with one attached hydrogen (secondary N) is 1. The van der Waals surface area contributed by atoms with E-state index < -0.39 is 5.60 Å². The molecule has 5 heteroatoms. The van der Waals surface area contributed by atoms with Crippen LogP contribution in [0.4, 0.5) is 5.69 Å². The van der Waals surface area contributed by atoms with Gasteiger partial charge in [-0.25, -0.2) is 0 Å². The Balaban J connectivity index is 1.73. The van der Waals surface area contributed by atoms with Gasteiger partial charge in [-0.15, -0.1) is 6.42 Å². The predicted octanol–water partition coefficient (Wildman–Crippen LogP) is 2.36. The van der Waals surface area contributed by atoms with Gasteiger partial charge >= 0.3 is 0 Å². The highest BCUT2D eigenvalue weighted by Crippen LogP contribution is 2.52. The number of hydrogen-bond acceptors (Lipinski definition) is 4. The third kappa shape index (κ3) is 2.79. The number of piperidine rings is 2. The zero-order valence-electron chi connectivity index (χ0n) is 15.9. The summed E-state index contributed by atoms with van der Waals surface area (Å²) in [5.41, 5.74) is 1.37. The van der Waals surface area contributed by atoms with Gasteiger partial charge in [-0.3, -0.25) is 14.7 Å². The topological polar surface area (TPSA) is 64.9 Å². The largest absolute Gasteiger partial charge is 0.379 e. The van der Waals surface area contributed by atoms with Gasteiger partial charge < -0.3 is 10.4 Å². The average molecular weight is 365 g/mol. The summed E-state index contributed by atoms with van der Waals surface area (Å²) in [6.07, 6.45) is 9.25. The van der Waals surface area contributed by atoms with Crippen LogP contribution >= 0.6 is 0 Å². The highest BCUT2D eigenvalue weighted by Gasteiger charge is 2.57. The maximum Gasteiger partial charge on any atom is 0.221 e. The molecule has 0 bridgehead atoms. The fraction of sp³-hybridized carbons (Fsp3) is 0.545. The first kappa shape index (κ1) is 18.2. The molecular weight excluding hydrogens is 338 g/mol. The molecule has 3 aliphatic rings. The second-order valence-electron chi connectivity index (χ2n) is 8.04. The molecule has 1 aromatic rings. The van der Waals surface area contributed by atoms with Crippen molar-refractivity contribution < 1.29 is 9.90 Å². The predicted molar refractivity (Wildman–Crippen MR) is 106 cm³/mol. The lowest BCUT2D eigenvalue weighted by molar-refractivity contribution is -0.125. The Bertz CT molecular complexity index is 827. The van der Waals surface area contributed by atoms with Crippen molar-refractivity contribution in [1.82, 2.24) is 10.2 Å².